The van der Waals surface area contributed by atoms with Crippen LogP contribution in [-0.4, -0.2) is 4.23 Å². The summed E-state index contributed by atoms with van der Waals surface area (Å²) in [4.78, 5) is 0. The van der Waals surface area contributed by atoms with E-state index < -0.39 is 0 Å². The average molecular weight is 353 g/mol. The third-order valence-corrected chi connectivity index (χ3v) is 7.15. The molecule has 1 heteroatoms. The zero-order valence-corrected chi connectivity index (χ0v) is 17.6. The summed E-state index contributed by atoms with van der Waals surface area (Å²) in [7, 11) is 0. The zero-order valence-electron chi connectivity index (χ0n) is 16.2. The van der Waals surface area contributed by atoms with Crippen LogP contribution in [0.15, 0.2) is 6.58 Å². The summed E-state index contributed by atoms with van der Waals surface area (Å²) in [5, 5.41) is 0. The molecule has 1 aliphatic carbocycles. The standard InChI is InChI=1S/C23H26.V/c1-11-13(3)17(7)22-19(9)23-18(8)14(4)12(2)16(6)21(23)10-20(22)15(11)5;/h9H2,1-8H3;. The van der Waals surface area contributed by atoms with Gasteiger partial charge in [-0.15, -0.1) is 0 Å². The first-order chi connectivity index (χ1) is 11.1. The monoisotopic (exact) mass is 353 g/mol. The van der Waals surface area contributed by atoms with Gasteiger partial charge in [-0.25, -0.2) is 0 Å². The van der Waals surface area contributed by atoms with E-state index in [9.17, 15) is 0 Å². The topological polar surface area (TPSA) is 0 Å². The summed E-state index contributed by atoms with van der Waals surface area (Å²) in [5.74, 6) is 0. The van der Waals surface area contributed by atoms with Crippen LogP contribution in [0.3, 0.4) is 0 Å². The molecule has 0 spiro atoms. The van der Waals surface area contributed by atoms with Gasteiger partial charge in [0.25, 0.3) is 0 Å². The van der Waals surface area contributed by atoms with Crippen LogP contribution in [0, 0.1) is 55.4 Å². The fraction of sp³-hybridized carbons (Fsp3) is 0.348. The molecule has 0 amide bonds. The summed E-state index contributed by atoms with van der Waals surface area (Å²) in [5.41, 5.74) is 17.8. The van der Waals surface area contributed by atoms with E-state index in [4.69, 9.17) is 0 Å². The van der Waals surface area contributed by atoms with Crippen LogP contribution in [-0.2, 0) is 17.0 Å². The molecule has 2 aromatic rings. The normalized spacial score (nSPS) is 13.1. The third kappa shape index (κ3) is 2.03. The molecule has 1 aliphatic rings. The summed E-state index contributed by atoms with van der Waals surface area (Å²) in [6, 6.07) is 0. The van der Waals surface area contributed by atoms with Crippen molar-refractivity contribution in [2.45, 2.75) is 55.4 Å². The van der Waals surface area contributed by atoms with Crippen molar-refractivity contribution in [3.05, 3.63) is 73.3 Å². The van der Waals surface area contributed by atoms with Gasteiger partial charge in [-0.05, 0) is 0 Å². The second kappa shape index (κ2) is 5.58. The Morgan fingerprint density at radius 3 is 1.00 bits per heavy atom. The maximum absolute atomic E-state index is 4.56. The van der Waals surface area contributed by atoms with E-state index in [1.54, 1.807) is 0 Å². The van der Waals surface area contributed by atoms with Crippen LogP contribution in [0.25, 0.3) is 5.57 Å². The van der Waals surface area contributed by atoms with Crippen LogP contribution in [0.2, 0.25) is 0 Å². The molecule has 0 saturated carbocycles. The van der Waals surface area contributed by atoms with E-state index >= 15 is 0 Å². The number of hydrogen-bond acceptors (Lipinski definition) is 0. The van der Waals surface area contributed by atoms with E-state index in [2.05, 4.69) is 78.9 Å². The second-order valence-electron chi connectivity index (χ2n) is 7.33. The van der Waals surface area contributed by atoms with Crippen LogP contribution in [0.4, 0.5) is 0 Å². The van der Waals surface area contributed by atoms with Gasteiger partial charge in [0, 0.05) is 0 Å². The summed E-state index contributed by atoms with van der Waals surface area (Å²) in [6.07, 6.45) is 0. The summed E-state index contributed by atoms with van der Waals surface area (Å²) in [6.45, 7) is 22.5. The van der Waals surface area contributed by atoms with Gasteiger partial charge in [0.15, 0.2) is 0 Å². The van der Waals surface area contributed by atoms with Gasteiger partial charge >= 0.3 is 156 Å². The van der Waals surface area contributed by atoms with Crippen molar-refractivity contribution in [2.75, 3.05) is 0 Å². The van der Waals surface area contributed by atoms with Crippen LogP contribution in [0.5, 0.6) is 0 Å². The molecule has 2 aromatic carbocycles. The SMILES string of the molecule is C=C1c2c(C)c(C)c(C)c(C)c2[C](=[V])c2c(C)c(C)c(C)c(C)c21. The molecule has 0 saturated heterocycles. The first kappa shape index (κ1) is 17.5. The van der Waals surface area contributed by atoms with Crippen molar-refractivity contribution in [1.82, 2.24) is 0 Å². The van der Waals surface area contributed by atoms with Gasteiger partial charge in [-0.2, -0.15) is 0 Å². The van der Waals surface area contributed by atoms with Gasteiger partial charge < -0.3 is 0 Å². The molecule has 0 aromatic heterocycles. The van der Waals surface area contributed by atoms with Crippen LogP contribution < -0.4 is 0 Å². The molecular weight excluding hydrogens is 327 g/mol. The Balaban J connectivity index is 2.53. The van der Waals surface area contributed by atoms with Crippen molar-refractivity contribution in [1.29, 1.82) is 0 Å². The average Bonchev–Trinajstić information content (AvgIpc) is 2.55. The zero-order chi connectivity index (χ0) is 18.1. The van der Waals surface area contributed by atoms with Crippen LogP contribution in [0.1, 0.15) is 66.8 Å². The van der Waals surface area contributed by atoms with Gasteiger partial charge in [-0.1, -0.05) is 0 Å². The Morgan fingerprint density at radius 2 is 0.708 bits per heavy atom. The predicted molar refractivity (Wildman–Crippen MR) is 102 cm³/mol. The Labute approximate surface area is 155 Å². The van der Waals surface area contributed by atoms with E-state index in [0.717, 1.165) is 0 Å². The first-order valence-electron chi connectivity index (χ1n) is 8.58. The Hall–Kier alpha value is -1.37. The van der Waals surface area contributed by atoms with E-state index in [0.29, 0.717) is 0 Å². The molecule has 0 N–H and O–H groups in total. The molecule has 0 atom stereocenters. The van der Waals surface area contributed by atoms with Gasteiger partial charge in [0.1, 0.15) is 0 Å². The quantitative estimate of drug-likeness (QED) is 0.490. The van der Waals surface area contributed by atoms with Gasteiger partial charge in [0.05, 0.1) is 0 Å². The minimum atomic E-state index is 1.20. The fourth-order valence-electron chi connectivity index (χ4n) is 4.22. The Morgan fingerprint density at radius 1 is 0.458 bits per heavy atom. The Bertz CT molecular complexity index is 802. The second-order valence-corrected chi connectivity index (χ2v) is 8.03. The van der Waals surface area contributed by atoms with Crippen molar-refractivity contribution < 1.29 is 17.0 Å². The van der Waals surface area contributed by atoms with Gasteiger partial charge in [-0.3, -0.25) is 0 Å². The predicted octanol–water partition coefficient (Wildman–Crippen LogP) is 5.64. The van der Waals surface area contributed by atoms with Crippen molar-refractivity contribution in [2.24, 2.45) is 0 Å². The van der Waals surface area contributed by atoms with E-state index in [1.165, 1.54) is 76.6 Å². The van der Waals surface area contributed by atoms with Crippen molar-refractivity contribution >= 4 is 9.80 Å². The van der Waals surface area contributed by atoms with Crippen molar-refractivity contribution in [3.8, 4) is 0 Å². The molecule has 0 heterocycles. The van der Waals surface area contributed by atoms with E-state index in [1.807, 2.05) is 0 Å². The molecule has 0 unspecified atom stereocenters. The van der Waals surface area contributed by atoms with Gasteiger partial charge in [0.2, 0.25) is 0 Å². The van der Waals surface area contributed by atoms with Crippen LogP contribution >= 0.6 is 0 Å². The maximum atomic E-state index is 4.56. The molecular formula is C23H26V. The number of benzene rings is 2. The first-order valence-corrected chi connectivity index (χ1v) is 9.28. The third-order valence-electron chi connectivity index (χ3n) is 6.45. The Kier molecular flexibility index (Phi) is 4.06. The molecule has 0 radical (unpaired) electrons. The molecule has 0 aliphatic heterocycles. The molecule has 3 rings (SSSR count). The van der Waals surface area contributed by atoms with Crippen molar-refractivity contribution in [3.63, 3.8) is 0 Å². The number of rotatable bonds is 0. The molecule has 0 fully saturated rings. The van der Waals surface area contributed by atoms with E-state index in [-0.39, 0.29) is 0 Å². The minimum absolute atomic E-state index is 1.20. The number of fused-ring (bicyclic) bond motifs is 2. The fourth-order valence-corrected chi connectivity index (χ4v) is 5.09. The molecule has 0 nitrogen and oxygen atoms in total. The molecule has 123 valence electrons. The molecule has 24 heavy (non-hydrogen) atoms. The summed E-state index contributed by atoms with van der Waals surface area (Å²) >= 11 is 2.86. The molecule has 0 bridgehead atoms. The summed E-state index contributed by atoms with van der Waals surface area (Å²) < 4.78 is 1.35. The number of hydrogen-bond donors (Lipinski definition) is 0.